The van der Waals surface area contributed by atoms with Crippen LogP contribution in [-0.4, -0.2) is 46.7 Å². The monoisotopic (exact) mass is 648 g/mol. The van der Waals surface area contributed by atoms with Gasteiger partial charge in [0.05, 0.1) is 23.9 Å². The van der Waals surface area contributed by atoms with E-state index in [9.17, 15) is 14.7 Å². The molecule has 8 nitrogen and oxygen atoms in total. The lowest BCUT2D eigenvalue weighted by Crippen LogP contribution is -2.55. The third kappa shape index (κ3) is 11.3. The molecule has 1 aromatic heterocycles. The van der Waals surface area contributed by atoms with E-state index in [1.165, 1.54) is 0 Å². The van der Waals surface area contributed by atoms with E-state index in [1.807, 2.05) is 74.1 Å². The largest absolute Gasteiger partial charge is 0.506 e. The molecule has 0 aliphatic rings. The Bertz CT molecular complexity index is 1460. The molecule has 46 heavy (non-hydrogen) atoms. The molecule has 0 spiro atoms. The van der Waals surface area contributed by atoms with Gasteiger partial charge in [-0.1, -0.05) is 77.1 Å². The smallest absolute Gasteiger partial charge is 0.244 e. The minimum Gasteiger partial charge on any atom is -0.506 e. The van der Waals surface area contributed by atoms with Crippen LogP contribution in [0.2, 0.25) is 5.02 Å². The van der Waals surface area contributed by atoms with Gasteiger partial charge in [-0.2, -0.15) is 0 Å². The molecule has 0 radical (unpaired) electrons. The molecule has 1 heterocycles. The van der Waals surface area contributed by atoms with Crippen molar-refractivity contribution in [3.05, 3.63) is 101 Å². The van der Waals surface area contributed by atoms with E-state index < -0.39 is 12.1 Å². The second-order valence-electron chi connectivity index (χ2n) is 12.5. The molecule has 0 aliphatic heterocycles. The van der Waals surface area contributed by atoms with Crippen molar-refractivity contribution in [2.45, 2.75) is 72.5 Å². The maximum Gasteiger partial charge on any atom is 0.244 e. The summed E-state index contributed by atoms with van der Waals surface area (Å²) in [6.07, 6.45) is 5.83. The number of hydrogen-bond donors (Lipinski definition) is 4. The first-order valence-corrected chi connectivity index (χ1v) is 16.4. The molecule has 3 aromatic rings. The Balaban J connectivity index is 1.64. The Labute approximate surface area is 278 Å². The lowest BCUT2D eigenvalue weighted by atomic mass is 9.95. The number of aromatic hydroxyl groups is 1. The lowest BCUT2D eigenvalue weighted by molar-refractivity contribution is -0.130. The van der Waals surface area contributed by atoms with Gasteiger partial charge in [0.25, 0.3) is 0 Å². The van der Waals surface area contributed by atoms with Crippen molar-refractivity contribution in [3.63, 3.8) is 0 Å². The van der Waals surface area contributed by atoms with Crippen LogP contribution in [0.15, 0.2) is 85.0 Å². The molecule has 3 rings (SSSR count). The number of aromatic nitrogens is 1. The van der Waals surface area contributed by atoms with Gasteiger partial charge in [-0.15, -0.1) is 5.73 Å². The predicted molar refractivity (Wildman–Crippen MR) is 185 cm³/mol. The van der Waals surface area contributed by atoms with Crippen LogP contribution in [0.1, 0.15) is 52.2 Å². The SMILES string of the molecule is C=C=C(N[C@@H](C(=O)N[C@@H](Cn1cccc1)C(=O)NCCCc1ccccc1OCC(C)C)C(C)C)[C@H](C)Cc1ccc(O)c(Cl)c1. The molecule has 248 valence electrons. The van der Waals surface area contributed by atoms with Gasteiger partial charge in [0.15, 0.2) is 0 Å². The molecule has 0 saturated heterocycles. The first-order chi connectivity index (χ1) is 22.0. The molecule has 0 saturated carbocycles. The number of carbonyl (C=O) groups is 2. The predicted octanol–water partition coefficient (Wildman–Crippen LogP) is 6.28. The zero-order valence-electron chi connectivity index (χ0n) is 27.7. The second-order valence-corrected chi connectivity index (χ2v) is 12.9. The Kier molecular flexibility index (Phi) is 14.3. The number of carbonyl (C=O) groups excluding carboxylic acids is 2. The topological polar surface area (TPSA) is 105 Å². The summed E-state index contributed by atoms with van der Waals surface area (Å²) in [5, 5.41) is 19.4. The Morgan fingerprint density at radius 3 is 2.37 bits per heavy atom. The maximum absolute atomic E-state index is 13.7. The van der Waals surface area contributed by atoms with Crippen LogP contribution < -0.4 is 20.7 Å². The molecule has 0 bridgehead atoms. The molecule has 0 fully saturated rings. The van der Waals surface area contributed by atoms with Gasteiger partial charge in [0.1, 0.15) is 23.6 Å². The number of amides is 2. The van der Waals surface area contributed by atoms with E-state index in [1.54, 1.807) is 12.1 Å². The minimum absolute atomic E-state index is 0.0303. The van der Waals surface area contributed by atoms with Crippen molar-refractivity contribution in [2.75, 3.05) is 13.2 Å². The number of phenols is 1. The number of nitrogens with zero attached hydrogens (tertiary/aromatic N) is 1. The fraction of sp³-hybridized carbons (Fsp3) is 0.432. The van der Waals surface area contributed by atoms with Crippen molar-refractivity contribution in [2.24, 2.45) is 17.8 Å². The van der Waals surface area contributed by atoms with E-state index in [4.69, 9.17) is 16.3 Å². The highest BCUT2D eigenvalue weighted by Crippen LogP contribution is 2.26. The summed E-state index contributed by atoms with van der Waals surface area (Å²) in [5.41, 5.74) is 5.69. The number of phenolic OH excluding ortho intramolecular Hbond substituents is 1. The fourth-order valence-corrected chi connectivity index (χ4v) is 5.29. The number of nitrogens with one attached hydrogen (secondary N) is 3. The summed E-state index contributed by atoms with van der Waals surface area (Å²) in [6, 6.07) is 15.5. The first-order valence-electron chi connectivity index (χ1n) is 16.0. The molecular weight excluding hydrogens is 600 g/mol. The van der Waals surface area contributed by atoms with Crippen LogP contribution in [0.3, 0.4) is 0 Å². The third-order valence-corrected chi connectivity index (χ3v) is 7.96. The molecule has 3 atom stereocenters. The highest BCUT2D eigenvalue weighted by molar-refractivity contribution is 6.32. The van der Waals surface area contributed by atoms with E-state index in [0.29, 0.717) is 37.7 Å². The number of hydrogen-bond acceptors (Lipinski definition) is 5. The van der Waals surface area contributed by atoms with Gasteiger partial charge in [0.2, 0.25) is 11.8 Å². The van der Waals surface area contributed by atoms with Gasteiger partial charge >= 0.3 is 0 Å². The third-order valence-electron chi connectivity index (χ3n) is 7.66. The zero-order valence-corrected chi connectivity index (χ0v) is 28.4. The van der Waals surface area contributed by atoms with Gasteiger partial charge in [-0.3, -0.25) is 9.59 Å². The van der Waals surface area contributed by atoms with Crippen molar-refractivity contribution in [1.29, 1.82) is 0 Å². The summed E-state index contributed by atoms with van der Waals surface area (Å²) >= 11 is 6.11. The fourth-order valence-electron chi connectivity index (χ4n) is 5.08. The Morgan fingerprint density at radius 1 is 1.00 bits per heavy atom. The maximum atomic E-state index is 13.7. The Hall–Kier alpha value is -4.13. The number of para-hydroxylation sites is 1. The zero-order chi connectivity index (χ0) is 33.6. The highest BCUT2D eigenvalue weighted by Gasteiger charge is 2.29. The minimum atomic E-state index is -0.780. The number of ether oxygens (including phenoxy) is 1. The van der Waals surface area contributed by atoms with E-state index in [-0.39, 0.29) is 34.4 Å². The van der Waals surface area contributed by atoms with Crippen LogP contribution in [-0.2, 0) is 29.0 Å². The number of allylic oxidation sites excluding steroid dienone is 1. The molecule has 2 aromatic carbocycles. The van der Waals surface area contributed by atoms with Crippen molar-refractivity contribution in [3.8, 4) is 11.5 Å². The summed E-state index contributed by atoms with van der Waals surface area (Å²) in [7, 11) is 0. The normalized spacial score (nSPS) is 13.0. The molecule has 0 aliphatic carbocycles. The summed E-state index contributed by atoms with van der Waals surface area (Å²) < 4.78 is 7.86. The standard InChI is InChI=1S/C37H49ClN4O4/c1-7-31(27(6)21-28-16-17-33(43)30(38)22-28)40-35(26(4)5)37(45)41-32(23-42-19-10-11-20-42)36(44)39-18-12-14-29-13-8-9-15-34(29)46-24-25(2)3/h8-11,13,15-17,19-20,22,25-27,32,35,40,43H,1,12,14,18,21,23-24H2,2-6H3,(H,39,44)(H,41,45)/t27-,32+,35-/m1/s1. The first kappa shape index (κ1) is 36.3. The van der Waals surface area contributed by atoms with Crippen LogP contribution in [0, 0.1) is 17.8 Å². The van der Waals surface area contributed by atoms with Crippen LogP contribution >= 0.6 is 11.6 Å². The van der Waals surface area contributed by atoms with E-state index in [0.717, 1.165) is 29.7 Å². The van der Waals surface area contributed by atoms with E-state index >= 15 is 0 Å². The van der Waals surface area contributed by atoms with Crippen molar-refractivity contribution in [1.82, 2.24) is 20.5 Å². The molecular formula is C37H49ClN4O4. The van der Waals surface area contributed by atoms with Crippen LogP contribution in [0.4, 0.5) is 0 Å². The number of rotatable bonds is 18. The van der Waals surface area contributed by atoms with Gasteiger partial charge in [-0.05, 0) is 72.6 Å². The van der Waals surface area contributed by atoms with Crippen molar-refractivity contribution >= 4 is 23.4 Å². The molecule has 4 N–H and O–H groups in total. The van der Waals surface area contributed by atoms with E-state index in [2.05, 4.69) is 48.2 Å². The average Bonchev–Trinajstić information content (AvgIpc) is 3.53. The lowest BCUT2D eigenvalue weighted by Gasteiger charge is -2.28. The number of benzene rings is 2. The summed E-state index contributed by atoms with van der Waals surface area (Å²) in [4.78, 5) is 27.2. The van der Waals surface area contributed by atoms with Crippen molar-refractivity contribution < 1.29 is 19.4 Å². The van der Waals surface area contributed by atoms with Crippen LogP contribution in [0.5, 0.6) is 11.5 Å². The highest BCUT2D eigenvalue weighted by atomic mass is 35.5. The quantitative estimate of drug-likeness (QED) is 0.0961. The van der Waals surface area contributed by atoms with Crippen LogP contribution in [0.25, 0.3) is 0 Å². The molecule has 2 amide bonds. The number of halogens is 1. The second kappa shape index (κ2) is 18.1. The average molecular weight is 649 g/mol. The summed E-state index contributed by atoms with van der Waals surface area (Å²) in [6.45, 7) is 15.4. The number of aryl methyl sites for hydroxylation is 1. The van der Waals surface area contributed by atoms with Gasteiger partial charge in [-0.25, -0.2) is 0 Å². The summed E-state index contributed by atoms with van der Waals surface area (Å²) in [5.74, 6) is 0.652. The van der Waals surface area contributed by atoms with Gasteiger partial charge in [0, 0.05) is 24.9 Å². The molecule has 9 heteroatoms. The molecule has 0 unspecified atom stereocenters. The van der Waals surface area contributed by atoms with Gasteiger partial charge < -0.3 is 30.4 Å². The Morgan fingerprint density at radius 2 is 1.72 bits per heavy atom.